The molecule has 3 heterocycles. The van der Waals surface area contributed by atoms with Gasteiger partial charge in [-0.2, -0.15) is 13.2 Å². The number of alkyl halides is 3. The third-order valence-electron chi connectivity index (χ3n) is 5.13. The molecule has 0 atom stereocenters. The zero-order chi connectivity index (χ0) is 22.2. The van der Waals surface area contributed by atoms with E-state index < -0.39 is 34.5 Å². The molecule has 1 N–H and O–H groups in total. The lowest BCUT2D eigenvalue weighted by atomic mass is 10.1. The molecule has 0 spiro atoms. The Hall–Kier alpha value is -2.44. The fraction of sp³-hybridized carbons (Fsp3) is 0.368. The maximum atomic E-state index is 13.4. The largest absolute Gasteiger partial charge is 0.449 e. The number of rotatable bonds is 5. The number of benzene rings is 1. The molecule has 1 aliphatic rings. The van der Waals surface area contributed by atoms with Crippen LogP contribution in [-0.4, -0.2) is 47.9 Å². The Morgan fingerprint density at radius 3 is 2.52 bits per heavy atom. The molecular weight excluding hydrogens is 453 g/mol. The van der Waals surface area contributed by atoms with E-state index in [2.05, 4.69) is 9.71 Å². The number of sulfonamides is 1. The van der Waals surface area contributed by atoms with Crippen LogP contribution in [0.25, 0.3) is 11.0 Å². The summed E-state index contributed by atoms with van der Waals surface area (Å²) >= 11 is 1.11. The van der Waals surface area contributed by atoms with Gasteiger partial charge in [0.15, 0.2) is 0 Å². The average Bonchev–Trinajstić information content (AvgIpc) is 3.37. The lowest BCUT2D eigenvalue weighted by Crippen LogP contribution is -2.47. The first-order valence-electron chi connectivity index (χ1n) is 9.51. The molecule has 0 aliphatic carbocycles. The standard InChI is InChI=1S/C19H19F3N4O3S2/c20-19(21,22)18-23-14-4-1-2-5-15(14)26(18)12-16(27)25-9-7-13(8-10-25)24-31(28,29)17-6-3-11-30-17/h1-6,11,13,24H,7-10,12H2. The van der Waals surface area contributed by atoms with Crippen molar-refractivity contribution in [2.75, 3.05) is 13.1 Å². The number of hydrogen-bond donors (Lipinski definition) is 1. The van der Waals surface area contributed by atoms with Gasteiger partial charge >= 0.3 is 6.18 Å². The Bertz CT molecular complexity index is 1180. The van der Waals surface area contributed by atoms with E-state index in [9.17, 15) is 26.4 Å². The Kier molecular flexibility index (Phi) is 5.79. The van der Waals surface area contributed by atoms with Gasteiger partial charge in [0.05, 0.1) is 11.0 Å². The van der Waals surface area contributed by atoms with Crippen LogP contribution in [0.1, 0.15) is 18.7 Å². The quantitative estimate of drug-likeness (QED) is 0.619. The summed E-state index contributed by atoms with van der Waals surface area (Å²) in [5, 5.41) is 1.67. The first-order valence-corrected chi connectivity index (χ1v) is 11.9. The summed E-state index contributed by atoms with van der Waals surface area (Å²) in [7, 11) is -3.61. The van der Waals surface area contributed by atoms with Crippen molar-refractivity contribution in [1.82, 2.24) is 19.2 Å². The molecule has 1 fully saturated rings. The Morgan fingerprint density at radius 2 is 1.87 bits per heavy atom. The van der Waals surface area contributed by atoms with Crippen LogP contribution in [0.15, 0.2) is 46.0 Å². The molecule has 2 aromatic heterocycles. The predicted octanol–water partition coefficient (Wildman–Crippen LogP) is 3.09. The molecule has 166 valence electrons. The Balaban J connectivity index is 1.43. The topological polar surface area (TPSA) is 84.3 Å². The van der Waals surface area contributed by atoms with Crippen molar-refractivity contribution < 1.29 is 26.4 Å². The van der Waals surface area contributed by atoms with Crippen LogP contribution in [0.2, 0.25) is 0 Å². The van der Waals surface area contributed by atoms with E-state index in [1.807, 2.05) is 0 Å². The van der Waals surface area contributed by atoms with Crippen LogP contribution in [0, 0.1) is 0 Å². The number of aromatic nitrogens is 2. The van der Waals surface area contributed by atoms with Crippen molar-refractivity contribution in [2.45, 2.75) is 35.8 Å². The average molecular weight is 473 g/mol. The number of halogens is 3. The van der Waals surface area contributed by atoms with E-state index in [1.165, 1.54) is 23.1 Å². The number of nitrogens with one attached hydrogen (secondary N) is 1. The summed E-state index contributed by atoms with van der Waals surface area (Å²) in [6.45, 7) is 0.0236. The number of piperidine rings is 1. The second-order valence-corrected chi connectivity index (χ2v) is 10.1. The number of imidazole rings is 1. The number of para-hydroxylation sites is 2. The van der Waals surface area contributed by atoms with E-state index in [1.54, 1.807) is 23.6 Å². The molecule has 31 heavy (non-hydrogen) atoms. The number of fused-ring (bicyclic) bond motifs is 1. The highest BCUT2D eigenvalue weighted by Crippen LogP contribution is 2.31. The van der Waals surface area contributed by atoms with Gasteiger partial charge < -0.3 is 9.47 Å². The molecule has 0 bridgehead atoms. The normalized spacial score (nSPS) is 16.2. The summed E-state index contributed by atoms with van der Waals surface area (Å²) < 4.78 is 68.7. The molecular formula is C19H19F3N4O3S2. The monoisotopic (exact) mass is 472 g/mol. The van der Waals surface area contributed by atoms with E-state index in [4.69, 9.17) is 0 Å². The molecule has 1 aliphatic heterocycles. The number of carbonyl (C=O) groups is 1. The molecule has 3 aromatic rings. The van der Waals surface area contributed by atoms with Gasteiger partial charge in [-0.15, -0.1) is 11.3 Å². The van der Waals surface area contributed by atoms with Crippen LogP contribution in [-0.2, 0) is 27.5 Å². The summed E-state index contributed by atoms with van der Waals surface area (Å²) in [6, 6.07) is 8.97. The fourth-order valence-corrected chi connectivity index (χ4v) is 5.94. The van der Waals surface area contributed by atoms with Crippen molar-refractivity contribution in [3.8, 4) is 0 Å². The molecule has 1 saturated heterocycles. The summed E-state index contributed by atoms with van der Waals surface area (Å²) in [5.74, 6) is -1.58. The van der Waals surface area contributed by atoms with Crippen LogP contribution < -0.4 is 4.72 Å². The molecule has 1 aromatic carbocycles. The lowest BCUT2D eigenvalue weighted by molar-refractivity contribution is -0.148. The molecule has 0 unspecified atom stereocenters. The third kappa shape index (κ3) is 4.60. The molecule has 0 saturated carbocycles. The number of amides is 1. The van der Waals surface area contributed by atoms with Gasteiger partial charge in [0.1, 0.15) is 10.8 Å². The number of nitrogens with zero attached hydrogens (tertiary/aromatic N) is 3. The SMILES string of the molecule is O=C(Cn1c(C(F)(F)F)nc2ccccc21)N1CCC(NS(=O)(=O)c2cccs2)CC1. The van der Waals surface area contributed by atoms with E-state index in [0.717, 1.165) is 15.9 Å². The third-order valence-corrected chi connectivity index (χ3v) is 8.05. The summed E-state index contributed by atoms with van der Waals surface area (Å²) in [5.41, 5.74) is 0.408. The number of carbonyl (C=O) groups excluding carboxylic acids is 1. The van der Waals surface area contributed by atoms with Crippen molar-refractivity contribution in [1.29, 1.82) is 0 Å². The minimum Gasteiger partial charge on any atom is -0.341 e. The second kappa shape index (κ2) is 8.24. The minimum absolute atomic E-state index is 0.171. The highest BCUT2D eigenvalue weighted by molar-refractivity contribution is 7.91. The van der Waals surface area contributed by atoms with Gasteiger partial charge in [0.25, 0.3) is 0 Å². The molecule has 4 rings (SSSR count). The van der Waals surface area contributed by atoms with Crippen LogP contribution in [0.4, 0.5) is 13.2 Å². The second-order valence-electron chi connectivity index (χ2n) is 7.22. The van der Waals surface area contributed by atoms with Gasteiger partial charge in [0.2, 0.25) is 21.8 Å². The van der Waals surface area contributed by atoms with Gasteiger partial charge in [0, 0.05) is 19.1 Å². The molecule has 0 radical (unpaired) electrons. The van der Waals surface area contributed by atoms with Crippen LogP contribution in [0.3, 0.4) is 0 Å². The summed E-state index contributed by atoms with van der Waals surface area (Å²) in [4.78, 5) is 17.9. The van der Waals surface area contributed by atoms with Gasteiger partial charge in [-0.3, -0.25) is 4.79 Å². The number of likely N-dealkylation sites (tertiary alicyclic amines) is 1. The van der Waals surface area contributed by atoms with Crippen molar-refractivity contribution in [3.05, 3.63) is 47.6 Å². The lowest BCUT2D eigenvalue weighted by Gasteiger charge is -2.32. The number of hydrogen-bond acceptors (Lipinski definition) is 5. The highest BCUT2D eigenvalue weighted by Gasteiger charge is 2.38. The van der Waals surface area contributed by atoms with Crippen LogP contribution >= 0.6 is 11.3 Å². The predicted molar refractivity (Wildman–Crippen MR) is 109 cm³/mol. The van der Waals surface area contributed by atoms with E-state index in [-0.39, 0.29) is 34.4 Å². The van der Waals surface area contributed by atoms with Crippen LogP contribution in [0.5, 0.6) is 0 Å². The molecule has 12 heteroatoms. The first kappa shape index (κ1) is 21.8. The molecule has 7 nitrogen and oxygen atoms in total. The fourth-order valence-electron chi connectivity index (χ4n) is 3.63. The van der Waals surface area contributed by atoms with Crippen molar-refractivity contribution in [3.63, 3.8) is 0 Å². The Morgan fingerprint density at radius 1 is 1.16 bits per heavy atom. The zero-order valence-corrected chi connectivity index (χ0v) is 17.8. The van der Waals surface area contributed by atoms with E-state index >= 15 is 0 Å². The van der Waals surface area contributed by atoms with Gasteiger partial charge in [-0.1, -0.05) is 18.2 Å². The van der Waals surface area contributed by atoms with Crippen molar-refractivity contribution in [2.24, 2.45) is 0 Å². The molecule has 1 amide bonds. The van der Waals surface area contributed by atoms with Gasteiger partial charge in [-0.25, -0.2) is 18.1 Å². The smallest absolute Gasteiger partial charge is 0.341 e. The Labute approximate surface area is 180 Å². The van der Waals surface area contributed by atoms with Gasteiger partial charge in [-0.05, 0) is 36.4 Å². The van der Waals surface area contributed by atoms with E-state index in [0.29, 0.717) is 12.8 Å². The maximum Gasteiger partial charge on any atom is 0.449 e. The number of thiophene rings is 1. The zero-order valence-electron chi connectivity index (χ0n) is 16.2. The summed E-state index contributed by atoms with van der Waals surface area (Å²) in [6.07, 6.45) is -3.92. The van der Waals surface area contributed by atoms with Crippen molar-refractivity contribution >= 4 is 38.3 Å². The first-order chi connectivity index (χ1) is 14.6. The minimum atomic E-state index is -4.69. The maximum absolute atomic E-state index is 13.4. The highest BCUT2D eigenvalue weighted by atomic mass is 32.2.